The van der Waals surface area contributed by atoms with Crippen LogP contribution in [0.25, 0.3) is 0 Å². The summed E-state index contributed by atoms with van der Waals surface area (Å²) in [6.07, 6.45) is 5.70. The van der Waals surface area contributed by atoms with E-state index in [1.165, 1.54) is 12.2 Å². The number of allylic oxidation sites excluding steroid dienone is 3. The first-order chi connectivity index (χ1) is 5.20. The molecule has 0 saturated carbocycles. The number of hydrogen-bond donors (Lipinski definition) is 0. The van der Waals surface area contributed by atoms with Crippen LogP contribution in [0.4, 0.5) is 0 Å². The minimum absolute atomic E-state index is 0.474. The lowest BCUT2D eigenvalue weighted by Gasteiger charge is -2.03. The van der Waals surface area contributed by atoms with Crippen molar-refractivity contribution >= 4 is 12.6 Å². The summed E-state index contributed by atoms with van der Waals surface area (Å²) < 4.78 is 0. The molecule has 0 amide bonds. The fourth-order valence-corrected chi connectivity index (χ4v) is 0.561. The molecule has 0 saturated heterocycles. The van der Waals surface area contributed by atoms with Gasteiger partial charge in [0.2, 0.25) is 0 Å². The zero-order valence-corrected chi connectivity index (χ0v) is 6.65. The Kier molecular flexibility index (Phi) is 4.73. The topological polar surface area (TPSA) is 37.4 Å². The van der Waals surface area contributed by atoms with Crippen LogP contribution in [0.15, 0.2) is 23.9 Å². The van der Waals surface area contributed by atoms with Gasteiger partial charge < -0.3 is 4.90 Å². The van der Waals surface area contributed by atoms with Crippen LogP contribution in [-0.2, 0) is 9.59 Å². The summed E-state index contributed by atoms with van der Waals surface area (Å²) in [5.41, 5.74) is 0.474. The molecule has 60 valence electrons. The molecular formula is C8H11NO2. The highest BCUT2D eigenvalue weighted by Gasteiger charge is 1.87. The van der Waals surface area contributed by atoms with E-state index < -0.39 is 0 Å². The lowest BCUT2D eigenvalue weighted by molar-refractivity contribution is -0.104. The summed E-state index contributed by atoms with van der Waals surface area (Å²) in [6.45, 7) is 0. The molecule has 0 aliphatic carbocycles. The number of nitrogens with zero attached hydrogens (tertiary/aromatic N) is 1. The lowest BCUT2D eigenvalue weighted by atomic mass is 10.3. The minimum Gasteiger partial charge on any atom is -0.383 e. The molecule has 11 heavy (non-hydrogen) atoms. The standard InChI is InChI=1S/C8H11NO2/c1-9(2)6-8(7-11)4-3-5-10/h3-7H,1-2H3/b4-3+,8-6-. The highest BCUT2D eigenvalue weighted by atomic mass is 16.1. The SMILES string of the molecule is CN(C)/C=C(C=O)/C=C/C=O. The Morgan fingerprint density at radius 2 is 1.91 bits per heavy atom. The maximum atomic E-state index is 10.3. The summed E-state index contributed by atoms with van der Waals surface area (Å²) in [5, 5.41) is 0. The zero-order chi connectivity index (χ0) is 8.69. The molecule has 3 heteroatoms. The predicted molar refractivity (Wildman–Crippen MR) is 43.0 cm³/mol. The van der Waals surface area contributed by atoms with Gasteiger partial charge in [-0.3, -0.25) is 9.59 Å². The highest BCUT2D eigenvalue weighted by Crippen LogP contribution is 1.92. The fourth-order valence-electron chi connectivity index (χ4n) is 0.561. The molecular weight excluding hydrogens is 142 g/mol. The Balaban J connectivity index is 4.27. The van der Waals surface area contributed by atoms with Gasteiger partial charge in [0.15, 0.2) is 6.29 Å². The molecule has 0 rings (SSSR count). The number of hydrogen-bond acceptors (Lipinski definition) is 3. The Morgan fingerprint density at radius 1 is 1.27 bits per heavy atom. The third-order valence-electron chi connectivity index (χ3n) is 0.911. The van der Waals surface area contributed by atoms with Crippen LogP contribution in [0.1, 0.15) is 0 Å². The van der Waals surface area contributed by atoms with Gasteiger partial charge in [0.05, 0.1) is 0 Å². The van der Waals surface area contributed by atoms with Crippen LogP contribution in [-0.4, -0.2) is 31.6 Å². The Hall–Kier alpha value is -1.38. The van der Waals surface area contributed by atoms with Crippen molar-refractivity contribution in [3.8, 4) is 0 Å². The van der Waals surface area contributed by atoms with Crippen molar-refractivity contribution in [2.75, 3.05) is 14.1 Å². The van der Waals surface area contributed by atoms with Crippen LogP contribution < -0.4 is 0 Å². The van der Waals surface area contributed by atoms with E-state index in [9.17, 15) is 9.59 Å². The van der Waals surface area contributed by atoms with Gasteiger partial charge in [-0.15, -0.1) is 0 Å². The molecule has 0 spiro atoms. The van der Waals surface area contributed by atoms with Crippen molar-refractivity contribution in [1.29, 1.82) is 0 Å². The largest absolute Gasteiger partial charge is 0.383 e. The molecule has 0 aliphatic heterocycles. The third kappa shape index (κ3) is 5.08. The monoisotopic (exact) mass is 153 g/mol. The molecule has 0 N–H and O–H groups in total. The summed E-state index contributed by atoms with van der Waals surface area (Å²) in [6, 6.07) is 0. The molecule has 3 nitrogen and oxygen atoms in total. The second-order valence-electron chi connectivity index (χ2n) is 2.21. The molecule has 0 heterocycles. The van der Waals surface area contributed by atoms with Crippen LogP contribution in [0.3, 0.4) is 0 Å². The molecule has 0 aromatic carbocycles. The van der Waals surface area contributed by atoms with E-state index in [0.29, 0.717) is 18.1 Å². The van der Waals surface area contributed by atoms with Crippen molar-refractivity contribution in [2.45, 2.75) is 0 Å². The van der Waals surface area contributed by atoms with Crippen LogP contribution in [0.2, 0.25) is 0 Å². The van der Waals surface area contributed by atoms with Gasteiger partial charge >= 0.3 is 0 Å². The number of rotatable bonds is 4. The average molecular weight is 153 g/mol. The first-order valence-electron chi connectivity index (χ1n) is 3.16. The highest BCUT2D eigenvalue weighted by molar-refractivity contribution is 5.79. The molecule has 0 aromatic rings. The zero-order valence-electron chi connectivity index (χ0n) is 6.65. The van der Waals surface area contributed by atoms with Crippen LogP contribution >= 0.6 is 0 Å². The number of aldehydes is 2. The quantitative estimate of drug-likeness (QED) is 0.333. The third-order valence-corrected chi connectivity index (χ3v) is 0.911. The Bertz CT molecular complexity index is 192. The summed E-state index contributed by atoms with van der Waals surface area (Å²) in [5.74, 6) is 0. The molecule has 0 unspecified atom stereocenters. The minimum atomic E-state index is 0.474. The van der Waals surface area contributed by atoms with E-state index in [-0.39, 0.29) is 0 Å². The van der Waals surface area contributed by atoms with Gasteiger partial charge in [-0.2, -0.15) is 0 Å². The Morgan fingerprint density at radius 3 is 2.27 bits per heavy atom. The average Bonchev–Trinajstić information content (AvgIpc) is 1.97. The van der Waals surface area contributed by atoms with Crippen LogP contribution in [0.5, 0.6) is 0 Å². The maximum absolute atomic E-state index is 10.3. The number of carbonyl (C=O) groups is 2. The van der Waals surface area contributed by atoms with Crippen LogP contribution in [0, 0.1) is 0 Å². The van der Waals surface area contributed by atoms with Crippen molar-refractivity contribution in [3.05, 3.63) is 23.9 Å². The summed E-state index contributed by atoms with van der Waals surface area (Å²) in [7, 11) is 3.61. The molecule has 0 bridgehead atoms. The van der Waals surface area contributed by atoms with Gasteiger partial charge in [-0.1, -0.05) is 0 Å². The fraction of sp³-hybridized carbons (Fsp3) is 0.250. The van der Waals surface area contributed by atoms with E-state index in [0.717, 1.165) is 0 Å². The van der Waals surface area contributed by atoms with E-state index in [1.807, 2.05) is 0 Å². The molecule has 0 aromatic heterocycles. The lowest BCUT2D eigenvalue weighted by Crippen LogP contribution is -2.02. The van der Waals surface area contributed by atoms with Gasteiger partial charge in [-0.25, -0.2) is 0 Å². The summed E-state index contributed by atoms with van der Waals surface area (Å²) in [4.78, 5) is 21.9. The van der Waals surface area contributed by atoms with E-state index in [1.54, 1.807) is 25.2 Å². The van der Waals surface area contributed by atoms with Gasteiger partial charge in [0, 0.05) is 25.9 Å². The Labute approximate surface area is 66.0 Å². The van der Waals surface area contributed by atoms with Crippen molar-refractivity contribution in [1.82, 2.24) is 4.90 Å². The maximum Gasteiger partial charge on any atom is 0.151 e. The number of carbonyl (C=O) groups excluding carboxylic acids is 2. The normalized spacial score (nSPS) is 11.6. The second-order valence-corrected chi connectivity index (χ2v) is 2.21. The first-order valence-corrected chi connectivity index (χ1v) is 3.16. The van der Waals surface area contributed by atoms with Crippen molar-refractivity contribution in [3.63, 3.8) is 0 Å². The van der Waals surface area contributed by atoms with E-state index in [4.69, 9.17) is 0 Å². The van der Waals surface area contributed by atoms with E-state index >= 15 is 0 Å². The van der Waals surface area contributed by atoms with Crippen molar-refractivity contribution in [2.24, 2.45) is 0 Å². The smallest absolute Gasteiger partial charge is 0.151 e. The van der Waals surface area contributed by atoms with Crippen molar-refractivity contribution < 1.29 is 9.59 Å². The van der Waals surface area contributed by atoms with Gasteiger partial charge in [0.1, 0.15) is 6.29 Å². The molecule has 0 radical (unpaired) electrons. The second kappa shape index (κ2) is 5.41. The molecule has 0 fully saturated rings. The molecule has 0 aliphatic rings. The van der Waals surface area contributed by atoms with Gasteiger partial charge in [-0.05, 0) is 12.2 Å². The molecule has 0 atom stereocenters. The van der Waals surface area contributed by atoms with Gasteiger partial charge in [0.25, 0.3) is 0 Å². The summed E-state index contributed by atoms with van der Waals surface area (Å²) >= 11 is 0. The first kappa shape index (κ1) is 9.62. The van der Waals surface area contributed by atoms with E-state index in [2.05, 4.69) is 0 Å². The predicted octanol–water partition coefficient (Wildman–Crippen LogP) is 0.386.